The smallest absolute Gasteiger partial charge is 0.138 e. The predicted molar refractivity (Wildman–Crippen MR) is 75.2 cm³/mol. The summed E-state index contributed by atoms with van der Waals surface area (Å²) in [6.07, 6.45) is 7.26. The lowest BCUT2D eigenvalue weighted by atomic mass is 10.3. The van der Waals surface area contributed by atoms with Crippen molar-refractivity contribution in [3.05, 3.63) is 30.4 Å². The zero-order valence-corrected chi connectivity index (χ0v) is 11.2. The van der Waals surface area contributed by atoms with E-state index in [2.05, 4.69) is 31.5 Å². The van der Waals surface area contributed by atoms with Gasteiger partial charge in [0.1, 0.15) is 29.6 Å². The second-order valence-electron chi connectivity index (χ2n) is 4.20. The monoisotopic (exact) mass is 274 g/mol. The fourth-order valence-electron chi connectivity index (χ4n) is 1.89. The Labute approximate surface area is 114 Å². The van der Waals surface area contributed by atoms with Gasteiger partial charge in [0.15, 0.2) is 0 Å². The number of thiophene rings is 1. The molecule has 0 spiro atoms. The highest BCUT2D eigenvalue weighted by molar-refractivity contribution is 7.16. The van der Waals surface area contributed by atoms with E-state index in [-0.39, 0.29) is 0 Å². The van der Waals surface area contributed by atoms with Gasteiger partial charge in [0.05, 0.1) is 5.39 Å². The third kappa shape index (κ3) is 2.87. The molecular weight excluding hydrogens is 260 g/mol. The van der Waals surface area contributed by atoms with Crippen molar-refractivity contribution in [2.24, 2.45) is 0 Å². The number of aromatic nitrogens is 5. The fourth-order valence-corrected chi connectivity index (χ4v) is 2.63. The van der Waals surface area contributed by atoms with Crippen molar-refractivity contribution in [3.8, 4) is 0 Å². The van der Waals surface area contributed by atoms with Crippen LogP contribution >= 0.6 is 11.3 Å². The minimum absolute atomic E-state index is 0.907. The minimum Gasteiger partial charge on any atom is -0.369 e. The van der Waals surface area contributed by atoms with Gasteiger partial charge in [-0.15, -0.1) is 21.5 Å². The van der Waals surface area contributed by atoms with Crippen LogP contribution in [0.15, 0.2) is 30.4 Å². The summed E-state index contributed by atoms with van der Waals surface area (Å²) >= 11 is 1.64. The molecule has 6 nitrogen and oxygen atoms in total. The molecule has 1 N–H and O–H groups in total. The third-order valence-electron chi connectivity index (χ3n) is 2.86. The maximum Gasteiger partial charge on any atom is 0.138 e. The molecule has 3 rings (SSSR count). The maximum atomic E-state index is 4.29. The van der Waals surface area contributed by atoms with E-state index in [0.717, 1.165) is 42.0 Å². The van der Waals surface area contributed by atoms with E-state index in [4.69, 9.17) is 0 Å². The average molecular weight is 274 g/mol. The van der Waals surface area contributed by atoms with Gasteiger partial charge in [-0.1, -0.05) is 0 Å². The molecule has 19 heavy (non-hydrogen) atoms. The first kappa shape index (κ1) is 12.0. The van der Waals surface area contributed by atoms with Gasteiger partial charge >= 0.3 is 0 Å². The molecule has 0 saturated carbocycles. The van der Waals surface area contributed by atoms with Crippen molar-refractivity contribution >= 4 is 27.4 Å². The standard InChI is InChI=1S/C12H14N6S/c1(2-5-18-8-16-17-9-18)4-13-11-10-3-6-19-12(10)15-7-14-11/h3,6-9H,1-2,4-5H2,(H,13,14,15). The summed E-state index contributed by atoms with van der Waals surface area (Å²) < 4.78 is 1.99. The van der Waals surface area contributed by atoms with E-state index in [1.54, 1.807) is 30.3 Å². The lowest BCUT2D eigenvalue weighted by molar-refractivity contribution is 0.619. The van der Waals surface area contributed by atoms with Crippen LogP contribution < -0.4 is 5.32 Å². The molecule has 0 aliphatic heterocycles. The van der Waals surface area contributed by atoms with Gasteiger partial charge in [-0.25, -0.2) is 9.97 Å². The average Bonchev–Trinajstić information content (AvgIpc) is 3.09. The molecule has 0 aromatic carbocycles. The van der Waals surface area contributed by atoms with Crippen molar-refractivity contribution in [2.75, 3.05) is 11.9 Å². The van der Waals surface area contributed by atoms with Crippen molar-refractivity contribution in [1.82, 2.24) is 24.7 Å². The van der Waals surface area contributed by atoms with Crippen molar-refractivity contribution < 1.29 is 0 Å². The Morgan fingerprint density at radius 3 is 2.95 bits per heavy atom. The van der Waals surface area contributed by atoms with Gasteiger partial charge in [0, 0.05) is 13.1 Å². The number of nitrogens with zero attached hydrogens (tertiary/aromatic N) is 5. The van der Waals surface area contributed by atoms with E-state index >= 15 is 0 Å². The number of fused-ring (bicyclic) bond motifs is 1. The lowest BCUT2D eigenvalue weighted by Gasteiger charge is -2.06. The number of hydrogen-bond donors (Lipinski definition) is 1. The topological polar surface area (TPSA) is 68.5 Å². The molecule has 3 aromatic heterocycles. The Morgan fingerprint density at radius 2 is 2.05 bits per heavy atom. The zero-order chi connectivity index (χ0) is 12.9. The first-order chi connectivity index (χ1) is 9.43. The molecular formula is C12H14N6S. The van der Waals surface area contributed by atoms with Crippen LogP contribution in [-0.2, 0) is 6.54 Å². The molecule has 0 saturated heterocycles. The summed E-state index contributed by atoms with van der Waals surface area (Å²) in [5, 5.41) is 14.1. The van der Waals surface area contributed by atoms with Gasteiger partial charge < -0.3 is 9.88 Å². The Kier molecular flexibility index (Phi) is 3.64. The largest absolute Gasteiger partial charge is 0.369 e. The number of anilines is 1. The molecule has 0 fully saturated rings. The number of hydrogen-bond acceptors (Lipinski definition) is 6. The molecule has 0 unspecified atom stereocenters. The summed E-state index contributed by atoms with van der Waals surface area (Å²) in [6, 6.07) is 2.06. The van der Waals surface area contributed by atoms with Crippen molar-refractivity contribution in [2.45, 2.75) is 19.4 Å². The molecule has 0 amide bonds. The molecule has 0 bridgehead atoms. The molecule has 3 heterocycles. The molecule has 0 aliphatic rings. The lowest BCUT2D eigenvalue weighted by Crippen LogP contribution is -2.05. The van der Waals surface area contributed by atoms with E-state index in [1.807, 2.05) is 9.95 Å². The van der Waals surface area contributed by atoms with Gasteiger partial charge in [0.25, 0.3) is 0 Å². The highest BCUT2D eigenvalue weighted by atomic mass is 32.1. The molecule has 3 aromatic rings. The van der Waals surface area contributed by atoms with Crippen LogP contribution in [0.5, 0.6) is 0 Å². The highest BCUT2D eigenvalue weighted by Gasteiger charge is 2.03. The van der Waals surface area contributed by atoms with E-state index in [9.17, 15) is 0 Å². The maximum absolute atomic E-state index is 4.29. The van der Waals surface area contributed by atoms with Crippen molar-refractivity contribution in [3.63, 3.8) is 0 Å². The SMILES string of the molecule is c1nc(NCCCCn2cnnc2)c2ccsc2n1. The first-order valence-electron chi connectivity index (χ1n) is 6.18. The van der Waals surface area contributed by atoms with Gasteiger partial charge in [-0.2, -0.15) is 0 Å². The summed E-state index contributed by atoms with van der Waals surface area (Å²) in [4.78, 5) is 9.55. The van der Waals surface area contributed by atoms with Crippen LogP contribution in [-0.4, -0.2) is 31.3 Å². The Morgan fingerprint density at radius 1 is 1.16 bits per heavy atom. The second kappa shape index (κ2) is 5.75. The summed E-state index contributed by atoms with van der Waals surface area (Å²) in [5.74, 6) is 0.926. The number of unbranched alkanes of at least 4 members (excludes halogenated alkanes) is 1. The van der Waals surface area contributed by atoms with Crippen LogP contribution in [0.2, 0.25) is 0 Å². The zero-order valence-electron chi connectivity index (χ0n) is 10.4. The first-order valence-corrected chi connectivity index (χ1v) is 7.06. The molecule has 98 valence electrons. The van der Waals surface area contributed by atoms with E-state index in [1.165, 1.54) is 0 Å². The quantitative estimate of drug-likeness (QED) is 0.698. The van der Waals surface area contributed by atoms with Gasteiger partial charge in [0.2, 0.25) is 0 Å². The Bertz CT molecular complexity index is 633. The molecule has 0 atom stereocenters. The van der Waals surface area contributed by atoms with Gasteiger partial charge in [-0.05, 0) is 24.3 Å². The summed E-state index contributed by atoms with van der Waals surface area (Å²) in [6.45, 7) is 1.86. The van der Waals surface area contributed by atoms with Crippen LogP contribution in [0.25, 0.3) is 10.2 Å². The van der Waals surface area contributed by atoms with E-state index < -0.39 is 0 Å². The van der Waals surface area contributed by atoms with Gasteiger partial charge in [-0.3, -0.25) is 0 Å². The fraction of sp³-hybridized carbons (Fsp3) is 0.333. The van der Waals surface area contributed by atoms with Crippen LogP contribution in [0, 0.1) is 0 Å². The van der Waals surface area contributed by atoms with Crippen LogP contribution in [0.1, 0.15) is 12.8 Å². The Balaban J connectivity index is 1.48. The number of rotatable bonds is 6. The summed E-state index contributed by atoms with van der Waals surface area (Å²) in [7, 11) is 0. The molecule has 0 radical (unpaired) electrons. The number of nitrogens with one attached hydrogen (secondary N) is 1. The minimum atomic E-state index is 0.907. The van der Waals surface area contributed by atoms with Crippen molar-refractivity contribution in [1.29, 1.82) is 0 Å². The molecule has 7 heteroatoms. The third-order valence-corrected chi connectivity index (χ3v) is 3.68. The van der Waals surface area contributed by atoms with Crippen LogP contribution in [0.3, 0.4) is 0 Å². The normalized spacial score (nSPS) is 10.9. The Hall–Kier alpha value is -2.02. The second-order valence-corrected chi connectivity index (χ2v) is 5.09. The van der Waals surface area contributed by atoms with E-state index in [0.29, 0.717) is 0 Å². The highest BCUT2D eigenvalue weighted by Crippen LogP contribution is 2.23. The molecule has 0 aliphatic carbocycles. The predicted octanol–water partition coefficient (Wildman–Crippen LogP) is 2.18. The van der Waals surface area contributed by atoms with Crippen LogP contribution in [0.4, 0.5) is 5.82 Å². The number of aryl methyl sites for hydroxylation is 1. The summed E-state index contributed by atoms with van der Waals surface area (Å²) in [5.41, 5.74) is 0.